The first-order valence-electron chi connectivity index (χ1n) is 4.34. The van der Waals surface area contributed by atoms with Crippen LogP contribution in [0.25, 0.3) is 0 Å². The highest BCUT2D eigenvalue weighted by molar-refractivity contribution is 5.84. The molecule has 14 heavy (non-hydrogen) atoms. The molecule has 0 aliphatic carbocycles. The molecule has 1 aromatic rings. The van der Waals surface area contributed by atoms with E-state index in [4.69, 9.17) is 9.84 Å². The summed E-state index contributed by atoms with van der Waals surface area (Å²) in [6.07, 6.45) is 1.55. The summed E-state index contributed by atoms with van der Waals surface area (Å²) in [5, 5.41) is 15.7. The van der Waals surface area contributed by atoms with E-state index in [-0.39, 0.29) is 11.8 Å². The molecule has 6 nitrogen and oxygen atoms in total. The maximum atomic E-state index is 10.4. The zero-order valence-corrected chi connectivity index (χ0v) is 8.17. The molecule has 0 bridgehead atoms. The van der Waals surface area contributed by atoms with Crippen molar-refractivity contribution < 1.29 is 14.6 Å². The predicted molar refractivity (Wildman–Crippen MR) is 48.1 cm³/mol. The number of aromatic nitrogens is 3. The second kappa shape index (κ2) is 4.71. The molecular formula is C8H13N3O3. The molecule has 6 heteroatoms. The quantitative estimate of drug-likeness (QED) is 0.742. The zero-order chi connectivity index (χ0) is 10.6. The fourth-order valence-electron chi connectivity index (χ4n) is 0.888. The van der Waals surface area contributed by atoms with Crippen LogP contribution in [0.2, 0.25) is 0 Å². The van der Waals surface area contributed by atoms with E-state index in [0.717, 1.165) is 0 Å². The van der Waals surface area contributed by atoms with E-state index in [1.807, 2.05) is 13.8 Å². The number of carboxylic acids is 1. The monoisotopic (exact) mass is 199 g/mol. The number of aromatic carboxylic acids is 1. The minimum Gasteiger partial charge on any atom is -0.476 e. The highest BCUT2D eigenvalue weighted by Crippen LogP contribution is 1.94. The second-order valence-corrected chi connectivity index (χ2v) is 3.09. The summed E-state index contributed by atoms with van der Waals surface area (Å²) in [4.78, 5) is 10.4. The molecule has 0 aliphatic heterocycles. The standard InChI is InChI=1S/C8H13N3O3/c1-6(2)14-4-3-11-5-7(8(12)13)9-10-11/h5-6H,3-4H2,1-2H3,(H,12,13). The Morgan fingerprint density at radius 3 is 2.93 bits per heavy atom. The lowest BCUT2D eigenvalue weighted by atomic mass is 10.5. The van der Waals surface area contributed by atoms with Crippen molar-refractivity contribution in [3.63, 3.8) is 0 Å². The third-order valence-electron chi connectivity index (χ3n) is 1.53. The van der Waals surface area contributed by atoms with Crippen molar-refractivity contribution in [1.29, 1.82) is 0 Å². The number of ether oxygens (including phenoxy) is 1. The Balaban J connectivity index is 2.40. The van der Waals surface area contributed by atoms with E-state index in [0.29, 0.717) is 13.2 Å². The number of rotatable bonds is 5. The van der Waals surface area contributed by atoms with E-state index >= 15 is 0 Å². The van der Waals surface area contributed by atoms with E-state index in [2.05, 4.69) is 10.3 Å². The lowest BCUT2D eigenvalue weighted by molar-refractivity contribution is 0.0685. The number of hydrogen-bond acceptors (Lipinski definition) is 4. The Labute approximate surface area is 81.5 Å². The number of carbonyl (C=O) groups is 1. The van der Waals surface area contributed by atoms with Crippen LogP contribution in [0.5, 0.6) is 0 Å². The fraction of sp³-hybridized carbons (Fsp3) is 0.625. The molecule has 0 saturated heterocycles. The van der Waals surface area contributed by atoms with E-state index in [1.165, 1.54) is 10.9 Å². The topological polar surface area (TPSA) is 77.2 Å². The largest absolute Gasteiger partial charge is 0.476 e. The molecule has 0 aliphatic rings. The first-order valence-corrected chi connectivity index (χ1v) is 4.34. The van der Waals surface area contributed by atoms with Crippen LogP contribution in [-0.4, -0.2) is 38.8 Å². The SMILES string of the molecule is CC(C)OCCn1cc(C(=O)O)nn1. The van der Waals surface area contributed by atoms with Crippen LogP contribution in [0, 0.1) is 0 Å². The van der Waals surface area contributed by atoms with Crippen molar-refractivity contribution in [3.8, 4) is 0 Å². The Kier molecular flexibility index (Phi) is 3.58. The van der Waals surface area contributed by atoms with E-state index in [9.17, 15) is 4.79 Å². The van der Waals surface area contributed by atoms with Gasteiger partial charge in [-0.1, -0.05) is 5.21 Å². The van der Waals surface area contributed by atoms with Gasteiger partial charge in [0, 0.05) is 0 Å². The normalized spacial score (nSPS) is 10.8. The maximum absolute atomic E-state index is 10.4. The summed E-state index contributed by atoms with van der Waals surface area (Å²) < 4.78 is 6.73. The van der Waals surface area contributed by atoms with Gasteiger partial charge in [0.25, 0.3) is 0 Å². The molecule has 0 spiro atoms. The first kappa shape index (κ1) is 10.6. The molecule has 0 amide bonds. The van der Waals surface area contributed by atoms with Crippen LogP contribution >= 0.6 is 0 Å². The smallest absolute Gasteiger partial charge is 0.358 e. The van der Waals surface area contributed by atoms with Crippen molar-refractivity contribution in [2.45, 2.75) is 26.5 Å². The Bertz CT molecular complexity index is 309. The predicted octanol–water partition coefficient (Wildman–Crippen LogP) is 0.401. The molecule has 0 unspecified atom stereocenters. The first-order chi connectivity index (χ1) is 6.59. The van der Waals surface area contributed by atoms with E-state index in [1.54, 1.807) is 0 Å². The Morgan fingerprint density at radius 2 is 2.43 bits per heavy atom. The van der Waals surface area contributed by atoms with E-state index < -0.39 is 5.97 Å². The van der Waals surface area contributed by atoms with Crippen molar-refractivity contribution in [3.05, 3.63) is 11.9 Å². The summed E-state index contributed by atoms with van der Waals surface area (Å²) in [6.45, 7) is 4.88. The summed E-state index contributed by atoms with van der Waals surface area (Å²) >= 11 is 0. The third-order valence-corrected chi connectivity index (χ3v) is 1.53. The van der Waals surface area contributed by atoms with Gasteiger partial charge in [0.15, 0.2) is 5.69 Å². The lowest BCUT2D eigenvalue weighted by Gasteiger charge is -2.06. The Hall–Kier alpha value is -1.43. The summed E-state index contributed by atoms with van der Waals surface area (Å²) in [5.41, 5.74) is -0.0467. The van der Waals surface area contributed by atoms with Crippen molar-refractivity contribution in [2.75, 3.05) is 6.61 Å². The number of nitrogens with zero attached hydrogens (tertiary/aromatic N) is 3. The Morgan fingerprint density at radius 1 is 1.71 bits per heavy atom. The molecule has 0 radical (unpaired) electrons. The molecule has 1 aromatic heterocycles. The number of hydrogen-bond donors (Lipinski definition) is 1. The number of carboxylic acid groups (broad SMARTS) is 1. The average molecular weight is 199 g/mol. The minimum absolute atomic E-state index is 0.0467. The van der Waals surface area contributed by atoms with Gasteiger partial charge in [-0.05, 0) is 13.8 Å². The van der Waals surface area contributed by atoms with Crippen LogP contribution in [0.1, 0.15) is 24.3 Å². The molecule has 1 heterocycles. The highest BCUT2D eigenvalue weighted by Gasteiger charge is 2.07. The minimum atomic E-state index is -1.07. The van der Waals surface area contributed by atoms with Gasteiger partial charge < -0.3 is 9.84 Å². The molecule has 0 aromatic carbocycles. The van der Waals surface area contributed by atoms with Gasteiger partial charge in [0.05, 0.1) is 25.5 Å². The van der Waals surface area contributed by atoms with Crippen molar-refractivity contribution >= 4 is 5.97 Å². The van der Waals surface area contributed by atoms with Crippen LogP contribution in [0.3, 0.4) is 0 Å². The second-order valence-electron chi connectivity index (χ2n) is 3.09. The summed E-state index contributed by atoms with van der Waals surface area (Å²) in [7, 11) is 0. The molecular weight excluding hydrogens is 186 g/mol. The average Bonchev–Trinajstić information content (AvgIpc) is 2.52. The molecule has 1 N–H and O–H groups in total. The zero-order valence-electron chi connectivity index (χ0n) is 8.17. The molecule has 0 fully saturated rings. The van der Waals surface area contributed by atoms with Crippen molar-refractivity contribution in [2.24, 2.45) is 0 Å². The molecule has 0 atom stereocenters. The van der Waals surface area contributed by atoms with Gasteiger partial charge in [-0.3, -0.25) is 0 Å². The van der Waals surface area contributed by atoms with Gasteiger partial charge in [-0.2, -0.15) is 0 Å². The van der Waals surface area contributed by atoms with Gasteiger partial charge >= 0.3 is 5.97 Å². The molecule has 0 saturated carbocycles. The summed E-state index contributed by atoms with van der Waals surface area (Å²) in [6, 6.07) is 0. The molecule has 78 valence electrons. The van der Waals surface area contributed by atoms with Crippen LogP contribution in [0.15, 0.2) is 6.20 Å². The van der Waals surface area contributed by atoms with Gasteiger partial charge in [0.2, 0.25) is 0 Å². The van der Waals surface area contributed by atoms with Crippen LogP contribution < -0.4 is 0 Å². The van der Waals surface area contributed by atoms with Crippen LogP contribution in [-0.2, 0) is 11.3 Å². The van der Waals surface area contributed by atoms with Crippen LogP contribution in [0.4, 0.5) is 0 Å². The fourth-order valence-corrected chi connectivity index (χ4v) is 0.888. The van der Waals surface area contributed by atoms with Gasteiger partial charge in [0.1, 0.15) is 0 Å². The van der Waals surface area contributed by atoms with Gasteiger partial charge in [-0.25, -0.2) is 9.48 Å². The molecule has 1 rings (SSSR count). The van der Waals surface area contributed by atoms with Crippen molar-refractivity contribution in [1.82, 2.24) is 15.0 Å². The van der Waals surface area contributed by atoms with Gasteiger partial charge in [-0.15, -0.1) is 5.10 Å². The maximum Gasteiger partial charge on any atom is 0.358 e. The highest BCUT2D eigenvalue weighted by atomic mass is 16.5. The lowest BCUT2D eigenvalue weighted by Crippen LogP contribution is -2.10. The third kappa shape index (κ3) is 3.14. The summed E-state index contributed by atoms with van der Waals surface area (Å²) in [5.74, 6) is -1.07.